The summed E-state index contributed by atoms with van der Waals surface area (Å²) in [5.41, 5.74) is -0.462. The van der Waals surface area contributed by atoms with Crippen molar-refractivity contribution >= 4 is 5.78 Å². The molecule has 2 nitrogen and oxygen atoms in total. The smallest absolute Gasteiger partial charge is 0.141 e. The van der Waals surface area contributed by atoms with Crippen LogP contribution in [0.2, 0.25) is 0 Å². The fraction of sp³-hybridized carbons (Fsp3) is 0.900. The first-order chi connectivity index (χ1) is 5.57. The minimum Gasteiger partial charge on any atom is -0.392 e. The lowest BCUT2D eigenvalue weighted by molar-refractivity contribution is -0.133. The van der Waals surface area contributed by atoms with Gasteiger partial charge in [0.25, 0.3) is 0 Å². The van der Waals surface area contributed by atoms with E-state index in [0.717, 1.165) is 25.7 Å². The molecule has 12 heavy (non-hydrogen) atoms. The van der Waals surface area contributed by atoms with E-state index in [-0.39, 0.29) is 5.78 Å². The number of aliphatic hydroxyl groups is 1. The average molecular weight is 170 g/mol. The van der Waals surface area contributed by atoms with Crippen LogP contribution in [0.1, 0.15) is 46.0 Å². The highest BCUT2D eigenvalue weighted by Crippen LogP contribution is 2.34. The third-order valence-electron chi connectivity index (χ3n) is 3.16. The van der Waals surface area contributed by atoms with Gasteiger partial charge in [0.05, 0.1) is 11.5 Å². The first-order valence-electron chi connectivity index (χ1n) is 4.79. The minimum atomic E-state index is -0.497. The van der Waals surface area contributed by atoms with Crippen molar-refractivity contribution in [2.45, 2.75) is 52.1 Å². The van der Waals surface area contributed by atoms with Crippen molar-refractivity contribution in [3.8, 4) is 0 Å². The van der Waals surface area contributed by atoms with E-state index in [0.29, 0.717) is 6.42 Å². The summed E-state index contributed by atoms with van der Waals surface area (Å²) in [5.74, 6) is 0.245. The molecular weight excluding hydrogens is 152 g/mol. The highest BCUT2D eigenvalue weighted by atomic mass is 16.3. The van der Waals surface area contributed by atoms with Crippen LogP contribution >= 0.6 is 0 Å². The van der Waals surface area contributed by atoms with Crippen molar-refractivity contribution in [1.82, 2.24) is 0 Å². The number of carbonyl (C=O) groups is 1. The zero-order chi connectivity index (χ0) is 9.19. The summed E-state index contributed by atoms with van der Waals surface area (Å²) >= 11 is 0. The van der Waals surface area contributed by atoms with Gasteiger partial charge < -0.3 is 5.11 Å². The van der Waals surface area contributed by atoms with E-state index in [1.54, 1.807) is 6.92 Å². The molecule has 0 aromatic carbocycles. The van der Waals surface area contributed by atoms with Crippen LogP contribution < -0.4 is 0 Å². The zero-order valence-corrected chi connectivity index (χ0v) is 7.97. The lowest BCUT2D eigenvalue weighted by Gasteiger charge is -2.29. The van der Waals surface area contributed by atoms with Crippen LogP contribution in [0.5, 0.6) is 0 Å². The van der Waals surface area contributed by atoms with E-state index >= 15 is 0 Å². The number of hydrogen-bond donors (Lipinski definition) is 1. The molecule has 1 fully saturated rings. The third kappa shape index (κ3) is 1.69. The first-order valence-corrected chi connectivity index (χ1v) is 4.79. The minimum absolute atomic E-state index is 0.245. The molecule has 0 saturated heterocycles. The monoisotopic (exact) mass is 170 g/mol. The van der Waals surface area contributed by atoms with E-state index in [1.807, 2.05) is 6.92 Å². The van der Waals surface area contributed by atoms with Gasteiger partial charge in [-0.1, -0.05) is 19.8 Å². The van der Waals surface area contributed by atoms with Gasteiger partial charge in [0, 0.05) is 6.42 Å². The zero-order valence-electron chi connectivity index (χ0n) is 7.97. The van der Waals surface area contributed by atoms with Gasteiger partial charge in [0.1, 0.15) is 5.78 Å². The van der Waals surface area contributed by atoms with Crippen LogP contribution in [0.4, 0.5) is 0 Å². The molecule has 1 aliphatic rings. The van der Waals surface area contributed by atoms with Crippen LogP contribution in [-0.4, -0.2) is 17.0 Å². The quantitative estimate of drug-likeness (QED) is 0.610. The number of rotatable bonds is 1. The maximum atomic E-state index is 11.6. The number of ketones is 1. The Kier molecular flexibility index (Phi) is 2.89. The third-order valence-corrected chi connectivity index (χ3v) is 3.16. The highest BCUT2D eigenvalue weighted by molar-refractivity contribution is 5.85. The molecule has 0 amide bonds. The standard InChI is InChI=1S/C10H18O2/c1-8(11)10(2)7-5-3-4-6-9(10)12/h8,11H,3-7H2,1-2H3/t8-,10-/m0/s1. The second-order valence-electron chi connectivity index (χ2n) is 4.08. The van der Waals surface area contributed by atoms with Gasteiger partial charge in [-0.05, 0) is 19.8 Å². The number of hydrogen-bond acceptors (Lipinski definition) is 2. The van der Waals surface area contributed by atoms with E-state index in [2.05, 4.69) is 0 Å². The van der Waals surface area contributed by atoms with Crippen molar-refractivity contribution in [2.24, 2.45) is 5.41 Å². The SMILES string of the molecule is C[C@H](O)[C@]1(C)CCCCCC1=O. The van der Waals surface area contributed by atoms with Gasteiger partial charge >= 0.3 is 0 Å². The fourth-order valence-electron chi connectivity index (χ4n) is 1.82. The van der Waals surface area contributed by atoms with E-state index in [1.165, 1.54) is 0 Å². The molecule has 70 valence electrons. The van der Waals surface area contributed by atoms with Gasteiger partial charge in [-0.3, -0.25) is 4.79 Å². The maximum absolute atomic E-state index is 11.6. The molecule has 0 heterocycles. The molecule has 2 atom stereocenters. The topological polar surface area (TPSA) is 37.3 Å². The Balaban J connectivity index is 2.76. The molecule has 0 radical (unpaired) electrons. The van der Waals surface area contributed by atoms with Gasteiger partial charge in [-0.2, -0.15) is 0 Å². The molecule has 0 unspecified atom stereocenters. The molecule has 2 heteroatoms. The number of aliphatic hydroxyl groups excluding tert-OH is 1. The average Bonchev–Trinajstić information content (AvgIpc) is 2.16. The molecule has 0 aromatic heterocycles. The van der Waals surface area contributed by atoms with Gasteiger partial charge in [-0.15, -0.1) is 0 Å². The number of Topliss-reactive ketones (excluding diaryl/α,β-unsaturated/α-hetero) is 1. The summed E-state index contributed by atoms with van der Waals surface area (Å²) in [7, 11) is 0. The van der Waals surface area contributed by atoms with Crippen molar-refractivity contribution in [3.63, 3.8) is 0 Å². The van der Waals surface area contributed by atoms with Crippen LogP contribution in [0.15, 0.2) is 0 Å². The molecule has 1 rings (SSSR count). The summed E-state index contributed by atoms with van der Waals surface area (Å²) < 4.78 is 0. The van der Waals surface area contributed by atoms with Crippen molar-refractivity contribution in [2.75, 3.05) is 0 Å². The first kappa shape index (κ1) is 9.72. The predicted octanol–water partition coefficient (Wildman–Crippen LogP) is 1.91. The predicted molar refractivity (Wildman–Crippen MR) is 47.9 cm³/mol. The Labute approximate surface area is 74.0 Å². The van der Waals surface area contributed by atoms with Crippen molar-refractivity contribution in [3.05, 3.63) is 0 Å². The lowest BCUT2D eigenvalue weighted by atomic mass is 9.77. The molecule has 1 N–H and O–H groups in total. The van der Waals surface area contributed by atoms with Gasteiger partial charge in [-0.25, -0.2) is 0 Å². The Hall–Kier alpha value is -0.370. The summed E-state index contributed by atoms with van der Waals surface area (Å²) in [5, 5.41) is 9.51. The lowest BCUT2D eigenvalue weighted by Crippen LogP contribution is -2.37. The normalized spacial score (nSPS) is 34.4. The molecule has 0 aromatic rings. The summed E-state index contributed by atoms with van der Waals surface area (Å²) in [6.45, 7) is 3.62. The molecular formula is C10H18O2. The Bertz CT molecular complexity index is 175. The largest absolute Gasteiger partial charge is 0.392 e. The number of carbonyl (C=O) groups excluding carboxylic acids is 1. The Morgan fingerprint density at radius 2 is 2.08 bits per heavy atom. The van der Waals surface area contributed by atoms with E-state index < -0.39 is 11.5 Å². The summed E-state index contributed by atoms with van der Waals surface area (Å²) in [6, 6.07) is 0. The Morgan fingerprint density at radius 3 is 2.67 bits per heavy atom. The Morgan fingerprint density at radius 1 is 1.42 bits per heavy atom. The summed E-state index contributed by atoms with van der Waals surface area (Å²) in [4.78, 5) is 11.6. The van der Waals surface area contributed by atoms with Crippen LogP contribution in [-0.2, 0) is 4.79 Å². The highest BCUT2D eigenvalue weighted by Gasteiger charge is 2.37. The molecule has 0 bridgehead atoms. The van der Waals surface area contributed by atoms with E-state index in [4.69, 9.17) is 0 Å². The van der Waals surface area contributed by atoms with Crippen molar-refractivity contribution < 1.29 is 9.90 Å². The van der Waals surface area contributed by atoms with Crippen molar-refractivity contribution in [1.29, 1.82) is 0 Å². The maximum Gasteiger partial charge on any atom is 0.141 e. The van der Waals surface area contributed by atoms with Crippen LogP contribution in [0, 0.1) is 5.41 Å². The van der Waals surface area contributed by atoms with E-state index in [9.17, 15) is 9.90 Å². The fourth-order valence-corrected chi connectivity index (χ4v) is 1.82. The second-order valence-corrected chi connectivity index (χ2v) is 4.08. The molecule has 1 saturated carbocycles. The summed E-state index contributed by atoms with van der Waals surface area (Å²) in [6.07, 6.45) is 4.22. The van der Waals surface area contributed by atoms with Gasteiger partial charge in [0.2, 0.25) is 0 Å². The van der Waals surface area contributed by atoms with Crippen LogP contribution in [0.25, 0.3) is 0 Å². The molecule has 1 aliphatic carbocycles. The van der Waals surface area contributed by atoms with Gasteiger partial charge in [0.15, 0.2) is 0 Å². The second kappa shape index (κ2) is 3.56. The molecule has 0 aliphatic heterocycles. The molecule has 0 spiro atoms. The van der Waals surface area contributed by atoms with Crippen LogP contribution in [0.3, 0.4) is 0 Å².